The Morgan fingerprint density at radius 2 is 1.74 bits per heavy atom. The van der Waals surface area contributed by atoms with Crippen molar-refractivity contribution in [3.63, 3.8) is 0 Å². The van der Waals surface area contributed by atoms with Gasteiger partial charge in [0.25, 0.3) is 0 Å². The Hall–Kier alpha value is -2.76. The van der Waals surface area contributed by atoms with E-state index in [1.807, 2.05) is 0 Å². The van der Waals surface area contributed by atoms with Gasteiger partial charge in [-0.2, -0.15) is 8.78 Å². The minimum absolute atomic E-state index is 0.0249. The molecular formula is C20H25F2N3O5S. The molecule has 0 bridgehead atoms. The summed E-state index contributed by atoms with van der Waals surface area (Å²) in [5.74, 6) is -0.122. The maximum Gasteiger partial charge on any atom is 0.387 e. The number of nitrogens with one attached hydrogen (secondary N) is 1. The Bertz CT molecular complexity index is 998. The largest absolute Gasteiger partial charge is 0.495 e. The van der Waals surface area contributed by atoms with Crippen LogP contribution in [0.1, 0.15) is 5.56 Å². The number of halogens is 2. The van der Waals surface area contributed by atoms with Crippen molar-refractivity contribution in [3.8, 4) is 11.5 Å². The standard InChI is InChI=1S/C20H25F2N3O5S/c1-24(2)31(27,28)18-11-15(7-10-17(18)29-4)23-19(26)13-25(3)12-14-5-8-16(9-6-14)30-20(21)22/h5-11,20H,12-13H2,1-4H3,(H,23,26). The van der Waals surface area contributed by atoms with Crippen LogP contribution >= 0.6 is 0 Å². The van der Waals surface area contributed by atoms with Crippen molar-refractivity contribution in [3.05, 3.63) is 48.0 Å². The van der Waals surface area contributed by atoms with Gasteiger partial charge in [-0.1, -0.05) is 12.1 Å². The predicted octanol–water partition coefficient (Wildman–Crippen LogP) is 2.62. The van der Waals surface area contributed by atoms with Crippen LogP contribution in [0.15, 0.2) is 47.4 Å². The lowest BCUT2D eigenvalue weighted by Crippen LogP contribution is -2.30. The van der Waals surface area contributed by atoms with E-state index in [0.29, 0.717) is 12.2 Å². The van der Waals surface area contributed by atoms with Crippen LogP contribution in [0.4, 0.5) is 14.5 Å². The number of likely N-dealkylation sites (N-methyl/N-ethyl adjacent to an activating group) is 1. The zero-order valence-electron chi connectivity index (χ0n) is 17.6. The summed E-state index contributed by atoms with van der Waals surface area (Å²) in [6, 6.07) is 10.5. The first kappa shape index (κ1) is 24.5. The fourth-order valence-electron chi connectivity index (χ4n) is 2.74. The van der Waals surface area contributed by atoms with Crippen LogP contribution in [-0.4, -0.2) is 64.9 Å². The molecule has 11 heteroatoms. The number of amides is 1. The highest BCUT2D eigenvalue weighted by Gasteiger charge is 2.23. The molecule has 0 unspecified atom stereocenters. The number of hydrogen-bond donors (Lipinski definition) is 1. The maximum atomic E-state index is 12.5. The molecule has 8 nitrogen and oxygen atoms in total. The Labute approximate surface area is 180 Å². The lowest BCUT2D eigenvalue weighted by atomic mass is 10.2. The quantitative estimate of drug-likeness (QED) is 0.590. The van der Waals surface area contributed by atoms with E-state index in [2.05, 4.69) is 10.1 Å². The molecule has 0 aromatic heterocycles. The number of sulfonamides is 1. The van der Waals surface area contributed by atoms with E-state index in [9.17, 15) is 22.0 Å². The molecule has 0 saturated carbocycles. The summed E-state index contributed by atoms with van der Waals surface area (Å²) in [5, 5.41) is 2.67. The normalized spacial score (nSPS) is 11.8. The van der Waals surface area contributed by atoms with Gasteiger partial charge in [0, 0.05) is 26.3 Å². The number of carbonyl (C=O) groups is 1. The van der Waals surface area contributed by atoms with Crippen molar-refractivity contribution >= 4 is 21.6 Å². The first-order valence-corrected chi connectivity index (χ1v) is 10.6. The van der Waals surface area contributed by atoms with Gasteiger partial charge >= 0.3 is 6.61 Å². The first-order valence-electron chi connectivity index (χ1n) is 9.15. The van der Waals surface area contributed by atoms with Crippen molar-refractivity contribution in [2.24, 2.45) is 0 Å². The van der Waals surface area contributed by atoms with Crippen molar-refractivity contribution in [2.75, 3.05) is 40.1 Å². The molecule has 2 aromatic rings. The predicted molar refractivity (Wildman–Crippen MR) is 112 cm³/mol. The number of nitrogens with zero attached hydrogens (tertiary/aromatic N) is 2. The van der Waals surface area contributed by atoms with Crippen LogP contribution in [0.3, 0.4) is 0 Å². The number of ether oxygens (including phenoxy) is 2. The van der Waals surface area contributed by atoms with Crippen LogP contribution < -0.4 is 14.8 Å². The van der Waals surface area contributed by atoms with Gasteiger partial charge in [-0.05, 0) is 42.9 Å². The van der Waals surface area contributed by atoms with Gasteiger partial charge in [0.2, 0.25) is 15.9 Å². The summed E-state index contributed by atoms with van der Waals surface area (Å²) in [6.45, 7) is -2.47. The van der Waals surface area contributed by atoms with Gasteiger partial charge in [0.05, 0.1) is 13.7 Å². The Kier molecular flexibility index (Phi) is 8.31. The number of alkyl halides is 2. The maximum absolute atomic E-state index is 12.5. The van der Waals surface area contributed by atoms with Gasteiger partial charge in [0.15, 0.2) is 0 Å². The highest BCUT2D eigenvalue weighted by atomic mass is 32.2. The molecule has 31 heavy (non-hydrogen) atoms. The van der Waals surface area contributed by atoms with Gasteiger partial charge in [-0.25, -0.2) is 12.7 Å². The average molecular weight is 457 g/mol. The van der Waals surface area contributed by atoms with Crippen LogP contribution in [0, 0.1) is 0 Å². The van der Waals surface area contributed by atoms with Crippen LogP contribution in [-0.2, 0) is 21.4 Å². The van der Waals surface area contributed by atoms with Gasteiger partial charge in [-0.3, -0.25) is 9.69 Å². The monoisotopic (exact) mass is 457 g/mol. The molecule has 170 valence electrons. The van der Waals surface area contributed by atoms with Crippen molar-refractivity contribution in [2.45, 2.75) is 18.1 Å². The summed E-state index contributed by atoms with van der Waals surface area (Å²) in [7, 11) is 2.13. The van der Waals surface area contributed by atoms with E-state index >= 15 is 0 Å². The molecule has 0 aliphatic heterocycles. The Balaban J connectivity index is 2.02. The molecule has 0 fully saturated rings. The third kappa shape index (κ3) is 6.88. The zero-order valence-corrected chi connectivity index (χ0v) is 18.4. The summed E-state index contributed by atoms with van der Waals surface area (Å²) in [5.41, 5.74) is 1.12. The second-order valence-electron chi connectivity index (χ2n) is 6.90. The van der Waals surface area contributed by atoms with Crippen molar-refractivity contribution in [1.29, 1.82) is 0 Å². The molecule has 0 aliphatic carbocycles. The highest BCUT2D eigenvalue weighted by Crippen LogP contribution is 2.28. The fourth-order valence-corrected chi connectivity index (χ4v) is 3.82. The van der Waals surface area contributed by atoms with E-state index in [1.165, 1.54) is 45.5 Å². The fraction of sp³-hybridized carbons (Fsp3) is 0.350. The average Bonchev–Trinajstić information content (AvgIpc) is 2.68. The molecule has 1 N–H and O–H groups in total. The molecular weight excluding hydrogens is 432 g/mol. The molecule has 0 radical (unpaired) electrons. The van der Waals surface area contributed by atoms with E-state index < -0.39 is 16.6 Å². The SMILES string of the molecule is COc1ccc(NC(=O)CN(C)Cc2ccc(OC(F)F)cc2)cc1S(=O)(=O)N(C)C. The van der Waals surface area contributed by atoms with E-state index in [-0.39, 0.29) is 28.8 Å². The number of hydrogen-bond acceptors (Lipinski definition) is 6. The van der Waals surface area contributed by atoms with E-state index in [1.54, 1.807) is 30.1 Å². The molecule has 0 aliphatic rings. The van der Waals surface area contributed by atoms with Crippen molar-refractivity contribution < 1.29 is 31.5 Å². The molecule has 0 heterocycles. The second-order valence-corrected chi connectivity index (χ2v) is 9.02. The van der Waals surface area contributed by atoms with Gasteiger partial charge in [0.1, 0.15) is 16.4 Å². The van der Waals surface area contributed by atoms with Gasteiger partial charge < -0.3 is 14.8 Å². The molecule has 1 amide bonds. The first-order chi connectivity index (χ1) is 14.5. The zero-order chi connectivity index (χ0) is 23.2. The summed E-state index contributed by atoms with van der Waals surface area (Å²) >= 11 is 0. The molecule has 0 spiro atoms. The van der Waals surface area contributed by atoms with Crippen molar-refractivity contribution in [1.82, 2.24) is 9.21 Å². The van der Waals surface area contributed by atoms with E-state index in [4.69, 9.17) is 4.74 Å². The number of carbonyl (C=O) groups excluding carboxylic acids is 1. The topological polar surface area (TPSA) is 88.2 Å². The van der Waals surface area contributed by atoms with E-state index in [0.717, 1.165) is 9.87 Å². The number of anilines is 1. The van der Waals surface area contributed by atoms with Crippen LogP contribution in [0.5, 0.6) is 11.5 Å². The minimum Gasteiger partial charge on any atom is -0.495 e. The summed E-state index contributed by atoms with van der Waals surface area (Å²) in [4.78, 5) is 14.1. The van der Waals surface area contributed by atoms with Crippen LogP contribution in [0.25, 0.3) is 0 Å². The molecule has 2 rings (SSSR count). The number of benzene rings is 2. The third-order valence-corrected chi connectivity index (χ3v) is 6.06. The summed E-state index contributed by atoms with van der Waals surface area (Å²) in [6.07, 6.45) is 0. The third-order valence-electron chi connectivity index (χ3n) is 4.22. The number of rotatable bonds is 10. The molecule has 2 aromatic carbocycles. The smallest absolute Gasteiger partial charge is 0.387 e. The molecule has 0 saturated heterocycles. The highest BCUT2D eigenvalue weighted by molar-refractivity contribution is 7.89. The lowest BCUT2D eigenvalue weighted by molar-refractivity contribution is -0.117. The Morgan fingerprint density at radius 3 is 2.29 bits per heavy atom. The lowest BCUT2D eigenvalue weighted by Gasteiger charge is -2.18. The van der Waals surface area contributed by atoms with Gasteiger partial charge in [-0.15, -0.1) is 0 Å². The molecule has 0 atom stereocenters. The van der Waals surface area contributed by atoms with Crippen LogP contribution in [0.2, 0.25) is 0 Å². The second kappa shape index (κ2) is 10.5. The minimum atomic E-state index is -3.76. The Morgan fingerprint density at radius 1 is 1.10 bits per heavy atom. The number of methoxy groups -OCH3 is 1. The summed E-state index contributed by atoms with van der Waals surface area (Å²) < 4.78 is 59.9.